The lowest BCUT2D eigenvalue weighted by atomic mass is 10.2. The molecule has 15 heavy (non-hydrogen) atoms. The van der Waals surface area contributed by atoms with Gasteiger partial charge in [0, 0.05) is 30.7 Å². The largest absolute Gasteiger partial charge is 0.313 e. The van der Waals surface area contributed by atoms with Crippen LogP contribution in [-0.4, -0.2) is 21.7 Å². The molecule has 0 unspecified atom stereocenters. The van der Waals surface area contributed by atoms with Gasteiger partial charge in [-0.05, 0) is 19.4 Å². The molecule has 0 saturated carbocycles. The van der Waals surface area contributed by atoms with Crippen molar-refractivity contribution in [3.05, 3.63) is 18.0 Å². The van der Waals surface area contributed by atoms with E-state index in [2.05, 4.69) is 32.5 Å². The van der Waals surface area contributed by atoms with Gasteiger partial charge in [0.1, 0.15) is 0 Å². The van der Waals surface area contributed by atoms with E-state index in [0.717, 1.165) is 18.4 Å². The first-order chi connectivity index (χ1) is 7.33. The van der Waals surface area contributed by atoms with E-state index in [1.54, 1.807) is 0 Å². The lowest BCUT2D eigenvalue weighted by molar-refractivity contribution is 0.600. The second kappa shape index (κ2) is 7.88. The average molecular weight is 274 g/mol. The van der Waals surface area contributed by atoms with Gasteiger partial charge in [0.2, 0.25) is 0 Å². The molecule has 1 heterocycles. The zero-order chi connectivity index (χ0) is 10.9. The van der Waals surface area contributed by atoms with Gasteiger partial charge in [-0.1, -0.05) is 28.8 Å². The van der Waals surface area contributed by atoms with Gasteiger partial charge in [0.15, 0.2) is 0 Å². The molecule has 1 aromatic heterocycles. The van der Waals surface area contributed by atoms with Crippen molar-refractivity contribution in [2.24, 2.45) is 7.05 Å². The molecule has 0 aromatic carbocycles. The minimum absolute atomic E-state index is 0.937. The fourth-order valence-electron chi connectivity index (χ4n) is 1.49. The number of aryl methyl sites for hydroxylation is 1. The molecular weight excluding hydrogens is 254 g/mol. The topological polar surface area (TPSA) is 29.9 Å². The molecule has 3 nitrogen and oxygen atoms in total. The molecule has 0 saturated heterocycles. The number of hydrogen-bond acceptors (Lipinski definition) is 2. The van der Waals surface area contributed by atoms with Gasteiger partial charge in [-0.15, -0.1) is 0 Å². The van der Waals surface area contributed by atoms with Gasteiger partial charge in [0.25, 0.3) is 0 Å². The van der Waals surface area contributed by atoms with Crippen LogP contribution in [0.2, 0.25) is 0 Å². The van der Waals surface area contributed by atoms with Crippen LogP contribution in [0.5, 0.6) is 0 Å². The van der Waals surface area contributed by atoms with Crippen molar-refractivity contribution in [1.82, 2.24) is 15.1 Å². The Hall–Kier alpha value is -0.350. The number of rotatable bonds is 8. The molecule has 0 amide bonds. The third kappa shape index (κ3) is 5.95. The summed E-state index contributed by atoms with van der Waals surface area (Å²) in [6.45, 7) is 2.05. The molecule has 0 aliphatic rings. The van der Waals surface area contributed by atoms with E-state index in [1.807, 2.05) is 17.9 Å². The smallest absolute Gasteiger partial charge is 0.0534 e. The quantitative estimate of drug-likeness (QED) is 0.583. The highest BCUT2D eigenvalue weighted by molar-refractivity contribution is 9.09. The Morgan fingerprint density at radius 3 is 2.80 bits per heavy atom. The van der Waals surface area contributed by atoms with Crippen LogP contribution in [0.1, 0.15) is 31.2 Å². The van der Waals surface area contributed by atoms with Crippen molar-refractivity contribution in [2.75, 3.05) is 11.9 Å². The Morgan fingerprint density at radius 2 is 2.13 bits per heavy atom. The number of nitrogens with zero attached hydrogens (tertiary/aromatic N) is 2. The molecule has 4 heteroatoms. The minimum atomic E-state index is 0.937. The van der Waals surface area contributed by atoms with E-state index in [1.165, 1.54) is 31.2 Å². The summed E-state index contributed by atoms with van der Waals surface area (Å²) in [7, 11) is 1.95. The van der Waals surface area contributed by atoms with E-state index in [0.29, 0.717) is 0 Å². The zero-order valence-electron chi connectivity index (χ0n) is 9.38. The fraction of sp³-hybridized carbons (Fsp3) is 0.727. The maximum atomic E-state index is 4.13. The molecule has 0 spiro atoms. The summed E-state index contributed by atoms with van der Waals surface area (Å²) >= 11 is 3.44. The molecule has 0 bridgehead atoms. The molecule has 1 N–H and O–H groups in total. The van der Waals surface area contributed by atoms with Crippen LogP contribution < -0.4 is 5.32 Å². The predicted molar refractivity (Wildman–Crippen MR) is 67.2 cm³/mol. The number of alkyl halides is 1. The van der Waals surface area contributed by atoms with Gasteiger partial charge in [-0.25, -0.2) is 0 Å². The van der Waals surface area contributed by atoms with Crippen molar-refractivity contribution >= 4 is 15.9 Å². The van der Waals surface area contributed by atoms with E-state index < -0.39 is 0 Å². The normalized spacial score (nSPS) is 10.8. The van der Waals surface area contributed by atoms with Crippen LogP contribution in [-0.2, 0) is 13.6 Å². The molecule has 0 aliphatic carbocycles. The third-order valence-corrected chi connectivity index (χ3v) is 2.89. The summed E-state index contributed by atoms with van der Waals surface area (Å²) in [6.07, 6.45) is 9.19. The van der Waals surface area contributed by atoms with Crippen LogP contribution in [0.3, 0.4) is 0 Å². The highest BCUT2D eigenvalue weighted by atomic mass is 79.9. The number of halogens is 1. The predicted octanol–water partition coefficient (Wildman–Crippen LogP) is 2.47. The summed E-state index contributed by atoms with van der Waals surface area (Å²) < 4.78 is 1.84. The molecule has 86 valence electrons. The van der Waals surface area contributed by atoms with Crippen molar-refractivity contribution in [2.45, 2.75) is 32.2 Å². The van der Waals surface area contributed by atoms with E-state index in [4.69, 9.17) is 0 Å². The van der Waals surface area contributed by atoms with Gasteiger partial charge in [-0.3, -0.25) is 4.68 Å². The Balaban J connectivity index is 1.93. The summed E-state index contributed by atoms with van der Waals surface area (Å²) in [5.41, 5.74) is 1.26. The fourth-order valence-corrected chi connectivity index (χ4v) is 1.89. The van der Waals surface area contributed by atoms with Gasteiger partial charge in [0.05, 0.1) is 6.20 Å². The van der Waals surface area contributed by atoms with Crippen LogP contribution in [0.15, 0.2) is 12.4 Å². The number of hydrogen-bond donors (Lipinski definition) is 1. The second-order valence-electron chi connectivity index (χ2n) is 3.80. The van der Waals surface area contributed by atoms with Gasteiger partial charge >= 0.3 is 0 Å². The summed E-state index contributed by atoms with van der Waals surface area (Å²) in [4.78, 5) is 0. The lowest BCUT2D eigenvalue weighted by Crippen LogP contribution is -2.14. The van der Waals surface area contributed by atoms with Crippen molar-refractivity contribution in [1.29, 1.82) is 0 Å². The van der Waals surface area contributed by atoms with Crippen molar-refractivity contribution in [3.63, 3.8) is 0 Å². The van der Waals surface area contributed by atoms with E-state index >= 15 is 0 Å². The van der Waals surface area contributed by atoms with E-state index in [-0.39, 0.29) is 0 Å². The Bertz CT molecular complexity index is 260. The van der Waals surface area contributed by atoms with Gasteiger partial charge in [-0.2, -0.15) is 5.10 Å². The summed E-state index contributed by atoms with van der Waals surface area (Å²) in [5, 5.41) is 8.69. The Kier molecular flexibility index (Phi) is 6.68. The molecule has 0 atom stereocenters. The van der Waals surface area contributed by atoms with Crippen LogP contribution >= 0.6 is 15.9 Å². The maximum absolute atomic E-state index is 4.13. The molecule has 0 fully saturated rings. The first-order valence-electron chi connectivity index (χ1n) is 5.57. The minimum Gasteiger partial charge on any atom is -0.313 e. The zero-order valence-corrected chi connectivity index (χ0v) is 11.0. The highest BCUT2D eigenvalue weighted by Crippen LogP contribution is 2.01. The molecule has 1 rings (SSSR count). The molecule has 0 aliphatic heterocycles. The SMILES string of the molecule is Cn1cc(CNCCCCCCBr)cn1. The molecule has 0 radical (unpaired) electrons. The van der Waals surface area contributed by atoms with Gasteiger partial charge < -0.3 is 5.32 Å². The Morgan fingerprint density at radius 1 is 1.33 bits per heavy atom. The number of unbranched alkanes of at least 4 members (excludes halogenated alkanes) is 3. The van der Waals surface area contributed by atoms with Crippen LogP contribution in [0, 0.1) is 0 Å². The van der Waals surface area contributed by atoms with E-state index in [9.17, 15) is 0 Å². The monoisotopic (exact) mass is 273 g/mol. The molecular formula is C11H20BrN3. The summed E-state index contributed by atoms with van der Waals surface area (Å²) in [5.74, 6) is 0. The van der Waals surface area contributed by atoms with Crippen LogP contribution in [0.4, 0.5) is 0 Å². The number of nitrogens with one attached hydrogen (secondary N) is 1. The highest BCUT2D eigenvalue weighted by Gasteiger charge is 1.94. The number of aromatic nitrogens is 2. The van der Waals surface area contributed by atoms with Crippen molar-refractivity contribution in [3.8, 4) is 0 Å². The lowest BCUT2D eigenvalue weighted by Gasteiger charge is -2.02. The standard InChI is InChI=1S/C11H20BrN3/c1-15-10-11(9-14-15)8-13-7-5-3-2-4-6-12/h9-10,13H,2-8H2,1H3. The first-order valence-corrected chi connectivity index (χ1v) is 6.69. The third-order valence-electron chi connectivity index (χ3n) is 2.32. The first kappa shape index (κ1) is 12.7. The van der Waals surface area contributed by atoms with Crippen LogP contribution in [0.25, 0.3) is 0 Å². The summed E-state index contributed by atoms with van der Waals surface area (Å²) in [6, 6.07) is 0. The Labute approximate surface area is 100 Å². The molecule has 1 aromatic rings. The maximum Gasteiger partial charge on any atom is 0.0534 e. The average Bonchev–Trinajstić information content (AvgIpc) is 2.63. The second-order valence-corrected chi connectivity index (χ2v) is 4.60. The van der Waals surface area contributed by atoms with Crippen molar-refractivity contribution < 1.29 is 0 Å².